The van der Waals surface area contributed by atoms with Gasteiger partial charge in [0.05, 0.1) is 0 Å². The third-order valence-electron chi connectivity index (χ3n) is 1.24. The maximum absolute atomic E-state index is 10.4. The first-order valence-corrected chi connectivity index (χ1v) is 2.99. The van der Waals surface area contributed by atoms with Gasteiger partial charge in [-0.15, -0.1) is 0 Å². The van der Waals surface area contributed by atoms with Crippen molar-refractivity contribution in [2.45, 2.75) is 13.8 Å². The first-order valence-electron chi connectivity index (χ1n) is 2.99. The summed E-state index contributed by atoms with van der Waals surface area (Å²) < 4.78 is 0. The number of carboxylic acid groups (broad SMARTS) is 1. The van der Waals surface area contributed by atoms with E-state index in [1.807, 2.05) is 0 Å². The van der Waals surface area contributed by atoms with E-state index in [1.165, 1.54) is 0 Å². The van der Waals surface area contributed by atoms with Crippen LogP contribution < -0.4 is 5.73 Å². The zero-order valence-electron chi connectivity index (χ0n) is 6.00. The standard InChI is InChI=1S/C6H11NO3/c1-3(2)4(5(7)8)6(9)10/h3-4H,1-2H3,(H2,7,8)(H,9,10). The van der Waals surface area contributed by atoms with E-state index >= 15 is 0 Å². The van der Waals surface area contributed by atoms with Gasteiger partial charge in [-0.05, 0) is 5.92 Å². The molecule has 0 bridgehead atoms. The highest BCUT2D eigenvalue weighted by atomic mass is 16.4. The molecule has 58 valence electrons. The molecule has 4 nitrogen and oxygen atoms in total. The number of carboxylic acids is 1. The maximum Gasteiger partial charge on any atom is 0.316 e. The van der Waals surface area contributed by atoms with Crippen LogP contribution in [0.2, 0.25) is 0 Å². The highest BCUT2D eigenvalue weighted by Crippen LogP contribution is 2.09. The van der Waals surface area contributed by atoms with Gasteiger partial charge >= 0.3 is 5.97 Å². The minimum atomic E-state index is -1.15. The smallest absolute Gasteiger partial charge is 0.316 e. The zero-order chi connectivity index (χ0) is 8.31. The van der Waals surface area contributed by atoms with Gasteiger partial charge < -0.3 is 10.8 Å². The van der Waals surface area contributed by atoms with Crippen LogP contribution in [-0.4, -0.2) is 17.0 Å². The van der Waals surface area contributed by atoms with E-state index in [9.17, 15) is 9.59 Å². The quantitative estimate of drug-likeness (QED) is 0.541. The summed E-state index contributed by atoms with van der Waals surface area (Å²) in [5.74, 6) is -3.22. The minimum Gasteiger partial charge on any atom is -0.481 e. The van der Waals surface area contributed by atoms with E-state index in [0.717, 1.165) is 0 Å². The Kier molecular flexibility index (Phi) is 2.86. The number of nitrogens with two attached hydrogens (primary N) is 1. The minimum absolute atomic E-state index is 0.241. The lowest BCUT2D eigenvalue weighted by Gasteiger charge is -2.10. The van der Waals surface area contributed by atoms with Crippen molar-refractivity contribution in [2.24, 2.45) is 17.6 Å². The summed E-state index contributed by atoms with van der Waals surface area (Å²) in [6, 6.07) is 0. The second-order valence-electron chi connectivity index (χ2n) is 2.46. The Bertz CT molecular complexity index is 139. The summed E-state index contributed by atoms with van der Waals surface area (Å²) >= 11 is 0. The molecule has 1 amide bonds. The Hall–Kier alpha value is -1.06. The molecule has 4 heteroatoms. The largest absolute Gasteiger partial charge is 0.481 e. The van der Waals surface area contributed by atoms with Crippen LogP contribution in [0.15, 0.2) is 0 Å². The van der Waals surface area contributed by atoms with E-state index in [2.05, 4.69) is 0 Å². The maximum atomic E-state index is 10.4. The van der Waals surface area contributed by atoms with Crippen molar-refractivity contribution in [1.82, 2.24) is 0 Å². The van der Waals surface area contributed by atoms with Crippen molar-refractivity contribution in [3.8, 4) is 0 Å². The van der Waals surface area contributed by atoms with E-state index < -0.39 is 17.8 Å². The number of carbonyl (C=O) groups excluding carboxylic acids is 1. The molecule has 0 aromatic carbocycles. The number of hydrogen-bond donors (Lipinski definition) is 2. The van der Waals surface area contributed by atoms with Crippen LogP contribution in [0.4, 0.5) is 0 Å². The molecule has 3 N–H and O–H groups in total. The average molecular weight is 145 g/mol. The van der Waals surface area contributed by atoms with Crippen molar-refractivity contribution < 1.29 is 14.7 Å². The molecule has 0 saturated carbocycles. The van der Waals surface area contributed by atoms with Crippen LogP contribution in [0.3, 0.4) is 0 Å². The van der Waals surface area contributed by atoms with Gasteiger partial charge in [0.2, 0.25) is 5.91 Å². The van der Waals surface area contributed by atoms with Crippen molar-refractivity contribution in [1.29, 1.82) is 0 Å². The SMILES string of the molecule is CC(C)C(C(N)=O)C(=O)O. The molecular weight excluding hydrogens is 134 g/mol. The third-order valence-corrected chi connectivity index (χ3v) is 1.24. The van der Waals surface area contributed by atoms with Gasteiger partial charge in [0.15, 0.2) is 0 Å². The van der Waals surface area contributed by atoms with Gasteiger partial charge in [0.1, 0.15) is 5.92 Å². The normalized spacial score (nSPS) is 13.1. The number of amides is 1. The average Bonchev–Trinajstić information content (AvgIpc) is 1.59. The number of aliphatic carboxylic acids is 1. The fourth-order valence-corrected chi connectivity index (χ4v) is 0.735. The molecule has 10 heavy (non-hydrogen) atoms. The molecule has 0 radical (unpaired) electrons. The Morgan fingerprint density at radius 2 is 1.80 bits per heavy atom. The molecule has 0 saturated heterocycles. The number of carbonyl (C=O) groups is 2. The molecule has 0 aromatic rings. The van der Waals surface area contributed by atoms with Gasteiger partial charge in [0.25, 0.3) is 0 Å². The molecule has 0 aliphatic carbocycles. The van der Waals surface area contributed by atoms with Crippen LogP contribution in [0, 0.1) is 11.8 Å². The predicted molar refractivity (Wildman–Crippen MR) is 35.2 cm³/mol. The van der Waals surface area contributed by atoms with Gasteiger partial charge in [-0.3, -0.25) is 9.59 Å². The summed E-state index contributed by atoms with van der Waals surface area (Å²) in [5, 5.41) is 8.41. The topological polar surface area (TPSA) is 80.4 Å². The molecule has 0 rings (SSSR count). The van der Waals surface area contributed by atoms with E-state index in [-0.39, 0.29) is 5.92 Å². The Balaban J connectivity index is 4.27. The molecular formula is C6H11NO3. The van der Waals surface area contributed by atoms with Gasteiger partial charge in [-0.1, -0.05) is 13.8 Å². The Morgan fingerprint density at radius 1 is 1.40 bits per heavy atom. The van der Waals surface area contributed by atoms with Crippen molar-refractivity contribution in [2.75, 3.05) is 0 Å². The lowest BCUT2D eigenvalue weighted by molar-refractivity contribution is -0.147. The van der Waals surface area contributed by atoms with Gasteiger partial charge in [-0.25, -0.2) is 0 Å². The number of hydrogen-bond acceptors (Lipinski definition) is 2. The van der Waals surface area contributed by atoms with Crippen molar-refractivity contribution in [3.63, 3.8) is 0 Å². The fraction of sp³-hybridized carbons (Fsp3) is 0.667. The molecule has 0 aliphatic rings. The van der Waals surface area contributed by atoms with Crippen molar-refractivity contribution >= 4 is 11.9 Å². The van der Waals surface area contributed by atoms with Crippen molar-refractivity contribution in [3.05, 3.63) is 0 Å². The Labute approximate surface area is 59.0 Å². The summed E-state index contributed by atoms with van der Waals surface area (Å²) in [5.41, 5.74) is 4.82. The Morgan fingerprint density at radius 3 is 1.80 bits per heavy atom. The lowest BCUT2D eigenvalue weighted by atomic mass is 9.96. The molecule has 0 aromatic heterocycles. The predicted octanol–water partition coefficient (Wildman–Crippen LogP) is -0.171. The molecule has 1 atom stereocenters. The highest BCUT2D eigenvalue weighted by molar-refractivity contribution is 5.96. The van der Waals surface area contributed by atoms with Crippen LogP contribution in [0.1, 0.15) is 13.8 Å². The van der Waals surface area contributed by atoms with Crippen LogP contribution in [0.25, 0.3) is 0 Å². The second-order valence-corrected chi connectivity index (χ2v) is 2.46. The van der Waals surface area contributed by atoms with Gasteiger partial charge in [0, 0.05) is 0 Å². The molecule has 0 heterocycles. The third kappa shape index (κ3) is 2.05. The molecule has 0 spiro atoms. The first-order chi connectivity index (χ1) is 4.46. The van der Waals surface area contributed by atoms with E-state index in [0.29, 0.717) is 0 Å². The zero-order valence-corrected chi connectivity index (χ0v) is 6.00. The second kappa shape index (κ2) is 3.20. The summed E-state index contributed by atoms with van der Waals surface area (Å²) in [6.45, 7) is 3.28. The van der Waals surface area contributed by atoms with E-state index in [1.54, 1.807) is 13.8 Å². The molecule has 0 fully saturated rings. The summed E-state index contributed by atoms with van der Waals surface area (Å²) in [7, 11) is 0. The van der Waals surface area contributed by atoms with Crippen LogP contribution in [0.5, 0.6) is 0 Å². The lowest BCUT2D eigenvalue weighted by Crippen LogP contribution is -2.33. The summed E-state index contributed by atoms with van der Waals surface area (Å²) in [4.78, 5) is 20.7. The van der Waals surface area contributed by atoms with Gasteiger partial charge in [-0.2, -0.15) is 0 Å². The molecule has 0 aliphatic heterocycles. The van der Waals surface area contributed by atoms with E-state index in [4.69, 9.17) is 10.8 Å². The van der Waals surface area contributed by atoms with Crippen LogP contribution in [-0.2, 0) is 9.59 Å². The number of rotatable bonds is 3. The first kappa shape index (κ1) is 8.94. The molecule has 1 unspecified atom stereocenters. The fourth-order valence-electron chi connectivity index (χ4n) is 0.735. The highest BCUT2D eigenvalue weighted by Gasteiger charge is 2.26. The monoisotopic (exact) mass is 145 g/mol. The van der Waals surface area contributed by atoms with Crippen LogP contribution >= 0.6 is 0 Å². The summed E-state index contributed by atoms with van der Waals surface area (Å²) in [6.07, 6.45) is 0. The number of primary amides is 1.